The van der Waals surface area contributed by atoms with Crippen LogP contribution in [-0.2, 0) is 27.3 Å². The number of pyridine rings is 1. The molecule has 0 aliphatic heterocycles. The molecule has 8 heteroatoms. The second-order valence-electron chi connectivity index (χ2n) is 5.63. The van der Waals surface area contributed by atoms with E-state index in [1.54, 1.807) is 29.9 Å². The van der Waals surface area contributed by atoms with Gasteiger partial charge < -0.3 is 10.1 Å². The number of carbonyl (C=O) groups is 2. The van der Waals surface area contributed by atoms with Gasteiger partial charge in [-0.1, -0.05) is 23.7 Å². The Morgan fingerprint density at radius 1 is 1.19 bits per heavy atom. The topological polar surface area (TPSA) is 81.2 Å². The normalized spacial score (nSPS) is 10.4. The first-order chi connectivity index (χ1) is 13.1. The maximum atomic E-state index is 11.9. The predicted molar refractivity (Wildman–Crippen MR) is 103 cm³/mol. The highest BCUT2D eigenvalue weighted by Gasteiger charge is 2.12. The molecule has 138 valence electrons. The van der Waals surface area contributed by atoms with Crippen LogP contribution in [0.3, 0.4) is 0 Å². The van der Waals surface area contributed by atoms with Crippen molar-refractivity contribution in [2.45, 2.75) is 13.0 Å². The zero-order chi connectivity index (χ0) is 19.1. The molecule has 0 aliphatic carbocycles. The number of nitrogens with zero attached hydrogens (tertiary/aromatic N) is 2. The van der Waals surface area contributed by atoms with E-state index in [1.807, 2.05) is 24.3 Å². The van der Waals surface area contributed by atoms with Crippen LogP contribution in [0.5, 0.6) is 0 Å². The van der Waals surface area contributed by atoms with Crippen molar-refractivity contribution in [2.75, 3.05) is 6.61 Å². The van der Waals surface area contributed by atoms with Crippen LogP contribution in [-0.4, -0.2) is 28.5 Å². The molecule has 3 aromatic rings. The van der Waals surface area contributed by atoms with E-state index in [1.165, 1.54) is 11.3 Å². The van der Waals surface area contributed by atoms with Gasteiger partial charge in [-0.3, -0.25) is 14.6 Å². The van der Waals surface area contributed by atoms with Gasteiger partial charge in [0.1, 0.15) is 5.01 Å². The summed E-state index contributed by atoms with van der Waals surface area (Å²) in [5, 5.41) is 5.90. The Bertz CT molecular complexity index is 913. The summed E-state index contributed by atoms with van der Waals surface area (Å²) in [5.74, 6) is -0.868. The molecule has 0 spiro atoms. The van der Waals surface area contributed by atoms with Crippen molar-refractivity contribution in [3.63, 3.8) is 0 Å². The van der Waals surface area contributed by atoms with Crippen molar-refractivity contribution in [1.29, 1.82) is 0 Å². The van der Waals surface area contributed by atoms with Gasteiger partial charge in [0.15, 0.2) is 6.61 Å². The van der Waals surface area contributed by atoms with Crippen LogP contribution in [0.1, 0.15) is 11.3 Å². The largest absolute Gasteiger partial charge is 0.455 e. The molecule has 1 aromatic carbocycles. The summed E-state index contributed by atoms with van der Waals surface area (Å²) < 4.78 is 5.01. The molecule has 0 saturated carbocycles. The first-order valence-corrected chi connectivity index (χ1v) is 9.37. The summed E-state index contributed by atoms with van der Waals surface area (Å²) in [7, 11) is 0. The summed E-state index contributed by atoms with van der Waals surface area (Å²) in [6.45, 7) is 0.0140. The Balaban J connectivity index is 1.42. The number of rotatable bonds is 7. The molecule has 6 nitrogen and oxygen atoms in total. The van der Waals surface area contributed by atoms with Crippen molar-refractivity contribution in [2.24, 2.45) is 0 Å². The van der Waals surface area contributed by atoms with Gasteiger partial charge in [-0.25, -0.2) is 4.98 Å². The standard InChI is InChI=1S/C19H16ClN3O3S/c20-15-5-3-13(4-6-15)9-22-17(24)11-26-18(25)8-16-12-27-19(23-16)14-2-1-7-21-10-14/h1-7,10,12H,8-9,11H2,(H,22,24). The van der Waals surface area contributed by atoms with Crippen LogP contribution in [0.25, 0.3) is 10.6 Å². The van der Waals surface area contributed by atoms with E-state index >= 15 is 0 Å². The van der Waals surface area contributed by atoms with Crippen molar-refractivity contribution in [3.05, 3.63) is 70.5 Å². The van der Waals surface area contributed by atoms with Crippen molar-refractivity contribution >= 4 is 34.8 Å². The number of esters is 1. The van der Waals surface area contributed by atoms with Gasteiger partial charge in [0.2, 0.25) is 0 Å². The Labute approximate surface area is 165 Å². The maximum absolute atomic E-state index is 11.9. The summed E-state index contributed by atoms with van der Waals surface area (Å²) in [5.41, 5.74) is 2.40. The number of aromatic nitrogens is 2. The van der Waals surface area contributed by atoms with Crippen molar-refractivity contribution in [1.82, 2.24) is 15.3 Å². The van der Waals surface area contributed by atoms with Crippen LogP contribution in [0.15, 0.2) is 54.2 Å². The molecule has 3 rings (SSSR count). The average Bonchev–Trinajstić information content (AvgIpc) is 3.15. The molecule has 0 fully saturated rings. The highest BCUT2D eigenvalue weighted by Crippen LogP contribution is 2.22. The molecule has 0 radical (unpaired) electrons. The van der Waals surface area contributed by atoms with Gasteiger partial charge in [-0.05, 0) is 29.8 Å². The van der Waals surface area contributed by atoms with Crippen LogP contribution < -0.4 is 5.32 Å². The molecule has 0 aliphatic rings. The number of hydrogen-bond donors (Lipinski definition) is 1. The lowest BCUT2D eigenvalue weighted by Crippen LogP contribution is -2.28. The number of ether oxygens (including phenoxy) is 1. The van der Waals surface area contributed by atoms with E-state index in [4.69, 9.17) is 16.3 Å². The first-order valence-electron chi connectivity index (χ1n) is 8.12. The molecule has 2 aromatic heterocycles. The summed E-state index contributed by atoms with van der Waals surface area (Å²) in [6.07, 6.45) is 3.42. The highest BCUT2D eigenvalue weighted by atomic mass is 35.5. The molecule has 0 bridgehead atoms. The fourth-order valence-electron chi connectivity index (χ4n) is 2.21. The van der Waals surface area contributed by atoms with Crippen LogP contribution in [0.2, 0.25) is 5.02 Å². The lowest BCUT2D eigenvalue weighted by atomic mass is 10.2. The molecule has 1 N–H and O–H groups in total. The van der Waals surface area contributed by atoms with Gasteiger partial charge in [0, 0.05) is 34.9 Å². The number of amides is 1. The van der Waals surface area contributed by atoms with Gasteiger partial charge >= 0.3 is 5.97 Å². The molecule has 0 atom stereocenters. The fraction of sp³-hybridized carbons (Fsp3) is 0.158. The van der Waals surface area contributed by atoms with Gasteiger partial charge in [0.25, 0.3) is 5.91 Å². The molecule has 0 unspecified atom stereocenters. The smallest absolute Gasteiger partial charge is 0.312 e. The Kier molecular flexibility index (Phi) is 6.51. The quantitative estimate of drug-likeness (QED) is 0.614. The third-order valence-electron chi connectivity index (χ3n) is 3.55. The lowest BCUT2D eigenvalue weighted by molar-refractivity contribution is -0.147. The van der Waals surface area contributed by atoms with Gasteiger partial charge in [0.05, 0.1) is 12.1 Å². The van der Waals surface area contributed by atoms with Gasteiger partial charge in [-0.2, -0.15) is 0 Å². The lowest BCUT2D eigenvalue weighted by Gasteiger charge is -2.06. The highest BCUT2D eigenvalue weighted by molar-refractivity contribution is 7.13. The summed E-state index contributed by atoms with van der Waals surface area (Å²) in [6, 6.07) is 10.9. The Morgan fingerprint density at radius 3 is 2.74 bits per heavy atom. The van der Waals surface area contributed by atoms with E-state index in [9.17, 15) is 9.59 Å². The number of benzene rings is 1. The van der Waals surface area contributed by atoms with E-state index in [0.717, 1.165) is 16.1 Å². The zero-order valence-electron chi connectivity index (χ0n) is 14.2. The molecule has 1 amide bonds. The number of hydrogen-bond acceptors (Lipinski definition) is 6. The average molecular weight is 402 g/mol. The second kappa shape index (κ2) is 9.25. The van der Waals surface area contributed by atoms with Crippen LogP contribution >= 0.6 is 22.9 Å². The molecule has 27 heavy (non-hydrogen) atoms. The molecule has 0 saturated heterocycles. The van der Waals surface area contributed by atoms with E-state index in [0.29, 0.717) is 17.3 Å². The Hall–Kier alpha value is -2.77. The Morgan fingerprint density at radius 2 is 2.00 bits per heavy atom. The van der Waals surface area contributed by atoms with Crippen molar-refractivity contribution in [3.8, 4) is 10.6 Å². The third-order valence-corrected chi connectivity index (χ3v) is 4.75. The van der Waals surface area contributed by atoms with Crippen LogP contribution in [0.4, 0.5) is 0 Å². The number of nitrogens with one attached hydrogen (secondary N) is 1. The van der Waals surface area contributed by atoms with Gasteiger partial charge in [-0.15, -0.1) is 11.3 Å². The summed E-state index contributed by atoms with van der Waals surface area (Å²) in [4.78, 5) is 32.1. The monoisotopic (exact) mass is 401 g/mol. The third kappa shape index (κ3) is 5.87. The first kappa shape index (κ1) is 19.0. The SMILES string of the molecule is O=C(COC(=O)Cc1csc(-c2cccnc2)n1)NCc1ccc(Cl)cc1. The number of halogens is 1. The summed E-state index contributed by atoms with van der Waals surface area (Å²) >= 11 is 7.24. The molecular weight excluding hydrogens is 386 g/mol. The van der Waals surface area contributed by atoms with E-state index < -0.39 is 5.97 Å². The maximum Gasteiger partial charge on any atom is 0.312 e. The minimum atomic E-state index is -0.500. The fourth-order valence-corrected chi connectivity index (χ4v) is 3.15. The number of thiazole rings is 1. The minimum Gasteiger partial charge on any atom is -0.455 e. The minimum absolute atomic E-state index is 0.0151. The predicted octanol–water partition coefficient (Wildman–Crippen LogP) is 3.26. The van der Waals surface area contributed by atoms with E-state index in [2.05, 4.69) is 15.3 Å². The number of carbonyl (C=O) groups excluding carboxylic acids is 2. The molecule has 2 heterocycles. The second-order valence-corrected chi connectivity index (χ2v) is 6.92. The van der Waals surface area contributed by atoms with Crippen LogP contribution in [0, 0.1) is 0 Å². The molecular formula is C19H16ClN3O3S. The zero-order valence-corrected chi connectivity index (χ0v) is 15.8. The van der Waals surface area contributed by atoms with E-state index in [-0.39, 0.29) is 18.9 Å². The van der Waals surface area contributed by atoms with Crippen molar-refractivity contribution < 1.29 is 14.3 Å².